The molecule has 2 aromatic rings. The Kier molecular flexibility index (Phi) is 8.03. The van der Waals surface area contributed by atoms with Gasteiger partial charge in [0.2, 0.25) is 5.75 Å². The van der Waals surface area contributed by atoms with E-state index in [2.05, 4.69) is 0 Å². The zero-order valence-electron chi connectivity index (χ0n) is 24.8. The number of nitro groups is 2. The minimum absolute atomic E-state index is 0.0883. The number of carboxylic acid groups (broad SMARTS) is 1. The van der Waals surface area contributed by atoms with Crippen LogP contribution in [-0.2, 0) is 14.4 Å². The molecule has 5 rings (SSSR count). The van der Waals surface area contributed by atoms with E-state index in [1.165, 1.54) is 12.1 Å². The van der Waals surface area contributed by atoms with Crippen molar-refractivity contribution in [2.45, 2.75) is 59.3 Å². The number of halogens is 2. The SMILES string of the molecule is CC1(C)CC(=O)C2=C(C1)N(CC(=O)O)C1=C(C(=O)CC(C)(C)C1)C2c1cc(Cl)cc(Cl)c1Oc1ccc([N+](=O)[O-])cc1[N+](=O)[O-]. The number of Topliss-reactive ketones (excluding diaryl/α,β-unsaturated/α-hetero) is 2. The Labute approximate surface area is 267 Å². The number of ether oxygens (including phenoxy) is 1. The number of aliphatic carboxylic acids is 1. The normalized spacial score (nSPS) is 19.3. The first-order chi connectivity index (χ1) is 20.9. The van der Waals surface area contributed by atoms with Crippen LogP contribution in [0.25, 0.3) is 0 Å². The number of non-ortho nitro benzene ring substituents is 1. The molecule has 0 bridgehead atoms. The van der Waals surface area contributed by atoms with Gasteiger partial charge in [0, 0.05) is 58.0 Å². The van der Waals surface area contributed by atoms with Crippen molar-refractivity contribution < 1.29 is 34.1 Å². The Morgan fingerprint density at radius 2 is 1.49 bits per heavy atom. The van der Waals surface area contributed by atoms with Crippen molar-refractivity contribution in [2.24, 2.45) is 10.8 Å². The van der Waals surface area contributed by atoms with Crippen LogP contribution >= 0.6 is 23.2 Å². The summed E-state index contributed by atoms with van der Waals surface area (Å²) in [6, 6.07) is 5.66. The van der Waals surface area contributed by atoms with Crippen molar-refractivity contribution >= 4 is 52.1 Å². The number of allylic oxidation sites excluding steroid dienone is 4. The minimum Gasteiger partial charge on any atom is -0.480 e. The van der Waals surface area contributed by atoms with Crippen LogP contribution in [0.3, 0.4) is 0 Å². The standard InChI is InChI=1S/C31H29Cl2N3O9/c1-30(2)10-20-27(22(37)12-30)26(28-21(34(20)14-25(39)40)11-31(3,4)13-23(28)38)17-7-15(32)8-18(33)29(17)45-24-6-5-16(35(41)42)9-19(24)36(43)44/h5-9,26H,10-14H2,1-4H3,(H,39,40). The van der Waals surface area contributed by atoms with E-state index in [0.717, 1.165) is 18.2 Å². The predicted octanol–water partition coefficient (Wildman–Crippen LogP) is 7.37. The zero-order valence-corrected chi connectivity index (χ0v) is 26.3. The van der Waals surface area contributed by atoms with Crippen LogP contribution in [-0.4, -0.2) is 43.9 Å². The Bertz CT molecular complexity index is 1720. The van der Waals surface area contributed by atoms with Crippen LogP contribution in [0, 0.1) is 31.1 Å². The third-order valence-corrected chi connectivity index (χ3v) is 8.72. The van der Waals surface area contributed by atoms with E-state index >= 15 is 0 Å². The van der Waals surface area contributed by atoms with Crippen molar-refractivity contribution in [1.29, 1.82) is 0 Å². The third kappa shape index (κ3) is 6.04. The number of rotatable bonds is 7. The van der Waals surface area contributed by atoms with Crippen molar-refractivity contribution in [3.63, 3.8) is 0 Å². The van der Waals surface area contributed by atoms with E-state index in [0.29, 0.717) is 24.2 Å². The van der Waals surface area contributed by atoms with Gasteiger partial charge < -0.3 is 14.7 Å². The van der Waals surface area contributed by atoms with Crippen LogP contribution < -0.4 is 4.74 Å². The van der Waals surface area contributed by atoms with Gasteiger partial charge in [0.15, 0.2) is 17.3 Å². The van der Waals surface area contributed by atoms with Gasteiger partial charge in [0.1, 0.15) is 6.54 Å². The van der Waals surface area contributed by atoms with E-state index in [1.54, 1.807) is 4.90 Å². The predicted molar refractivity (Wildman–Crippen MR) is 163 cm³/mol. The van der Waals surface area contributed by atoms with Gasteiger partial charge in [-0.15, -0.1) is 0 Å². The van der Waals surface area contributed by atoms with Crippen LogP contribution in [0.15, 0.2) is 52.9 Å². The molecular weight excluding hydrogens is 629 g/mol. The second-order valence-corrected chi connectivity index (χ2v) is 13.9. The second-order valence-electron chi connectivity index (χ2n) is 13.1. The fraction of sp³-hybridized carbons (Fsp3) is 0.387. The van der Waals surface area contributed by atoms with E-state index in [4.69, 9.17) is 27.9 Å². The summed E-state index contributed by atoms with van der Waals surface area (Å²) in [5, 5.41) is 33.2. The van der Waals surface area contributed by atoms with Gasteiger partial charge in [-0.2, -0.15) is 0 Å². The molecule has 2 aromatic carbocycles. The average Bonchev–Trinajstić information content (AvgIpc) is 2.89. The minimum atomic E-state index is -1.14. The number of hydrogen-bond acceptors (Lipinski definition) is 9. The zero-order chi connectivity index (χ0) is 33.2. The molecule has 0 saturated carbocycles. The molecule has 3 aliphatic rings. The maximum atomic E-state index is 14.0. The quantitative estimate of drug-likeness (QED) is 0.234. The molecule has 0 atom stereocenters. The number of carbonyl (C=O) groups is 3. The van der Waals surface area contributed by atoms with Gasteiger partial charge in [-0.1, -0.05) is 50.9 Å². The fourth-order valence-electron chi connectivity index (χ4n) is 6.55. The van der Waals surface area contributed by atoms with E-state index < -0.39 is 50.5 Å². The molecule has 0 aromatic heterocycles. The maximum absolute atomic E-state index is 14.0. The molecule has 0 unspecified atom stereocenters. The number of nitrogens with zero attached hydrogens (tertiary/aromatic N) is 3. The summed E-state index contributed by atoms with van der Waals surface area (Å²) in [6.45, 7) is 7.15. The highest BCUT2D eigenvalue weighted by Gasteiger charge is 2.50. The number of nitro benzene ring substituents is 2. The molecular formula is C31H29Cl2N3O9. The third-order valence-electron chi connectivity index (χ3n) is 8.23. The largest absolute Gasteiger partial charge is 0.480 e. The highest BCUT2D eigenvalue weighted by atomic mass is 35.5. The molecule has 0 saturated heterocycles. The number of ketones is 2. The van der Waals surface area contributed by atoms with Crippen LogP contribution in [0.5, 0.6) is 11.5 Å². The molecule has 0 radical (unpaired) electrons. The van der Waals surface area contributed by atoms with E-state index in [9.17, 15) is 39.7 Å². The number of benzene rings is 2. The van der Waals surface area contributed by atoms with E-state index in [1.807, 2.05) is 27.7 Å². The van der Waals surface area contributed by atoms with Gasteiger partial charge in [0.05, 0.1) is 20.9 Å². The summed E-state index contributed by atoms with van der Waals surface area (Å²) >= 11 is 13.1. The highest BCUT2D eigenvalue weighted by Crippen LogP contribution is 2.57. The molecule has 45 heavy (non-hydrogen) atoms. The summed E-state index contributed by atoms with van der Waals surface area (Å²) in [5.41, 5.74) is -0.736. The first-order valence-corrected chi connectivity index (χ1v) is 14.8. The Hall–Kier alpha value is -4.29. The molecule has 1 N–H and O–H groups in total. The number of carboxylic acids is 1. The summed E-state index contributed by atoms with van der Waals surface area (Å²) in [6.07, 6.45) is 0.900. The molecule has 0 amide bonds. The summed E-state index contributed by atoms with van der Waals surface area (Å²) in [4.78, 5) is 63.4. The molecule has 2 aliphatic carbocycles. The van der Waals surface area contributed by atoms with Gasteiger partial charge in [-0.25, -0.2) is 0 Å². The van der Waals surface area contributed by atoms with Gasteiger partial charge in [-0.3, -0.25) is 34.6 Å². The van der Waals surface area contributed by atoms with Crippen LogP contribution in [0.2, 0.25) is 10.0 Å². The highest BCUT2D eigenvalue weighted by molar-refractivity contribution is 6.35. The topological polar surface area (TPSA) is 170 Å². The number of carbonyl (C=O) groups excluding carboxylic acids is 2. The molecule has 12 nitrogen and oxygen atoms in total. The van der Waals surface area contributed by atoms with Crippen LogP contribution in [0.1, 0.15) is 64.9 Å². The molecule has 236 valence electrons. The van der Waals surface area contributed by atoms with Gasteiger partial charge in [-0.05, 0) is 41.9 Å². The average molecular weight is 658 g/mol. The maximum Gasteiger partial charge on any atom is 0.323 e. The molecule has 14 heteroatoms. The Morgan fingerprint density at radius 1 is 0.933 bits per heavy atom. The molecule has 1 aliphatic heterocycles. The van der Waals surface area contributed by atoms with E-state index in [-0.39, 0.29) is 62.7 Å². The van der Waals surface area contributed by atoms with Crippen molar-refractivity contribution in [1.82, 2.24) is 4.90 Å². The second kappa shape index (κ2) is 11.3. The first-order valence-electron chi connectivity index (χ1n) is 14.0. The van der Waals surface area contributed by atoms with Crippen molar-refractivity contribution in [3.05, 3.63) is 88.7 Å². The first kappa shape index (κ1) is 32.1. The lowest BCUT2D eigenvalue weighted by Gasteiger charge is -2.48. The fourth-order valence-corrected chi connectivity index (χ4v) is 7.09. The molecule has 0 spiro atoms. The number of hydrogen-bond donors (Lipinski definition) is 1. The summed E-state index contributed by atoms with van der Waals surface area (Å²) < 4.78 is 6.05. The lowest BCUT2D eigenvalue weighted by atomic mass is 9.63. The molecule has 0 fully saturated rings. The smallest absolute Gasteiger partial charge is 0.323 e. The molecule has 1 heterocycles. The Morgan fingerprint density at radius 3 is 1.98 bits per heavy atom. The van der Waals surface area contributed by atoms with Crippen molar-refractivity contribution in [3.8, 4) is 11.5 Å². The van der Waals surface area contributed by atoms with Crippen molar-refractivity contribution in [2.75, 3.05) is 6.54 Å². The van der Waals surface area contributed by atoms with Gasteiger partial charge >= 0.3 is 11.7 Å². The van der Waals surface area contributed by atoms with Crippen LogP contribution in [0.4, 0.5) is 11.4 Å². The summed E-state index contributed by atoms with van der Waals surface area (Å²) in [5.74, 6) is -3.31. The lowest BCUT2D eigenvalue weighted by Crippen LogP contribution is -2.45. The monoisotopic (exact) mass is 657 g/mol. The Balaban J connectivity index is 1.81. The van der Waals surface area contributed by atoms with Gasteiger partial charge in [0.25, 0.3) is 5.69 Å². The lowest BCUT2D eigenvalue weighted by molar-refractivity contribution is -0.394. The summed E-state index contributed by atoms with van der Waals surface area (Å²) in [7, 11) is 0.